The van der Waals surface area contributed by atoms with Gasteiger partial charge in [-0.25, -0.2) is 4.79 Å². The van der Waals surface area contributed by atoms with Crippen LogP contribution in [0.15, 0.2) is 0 Å². The van der Waals surface area contributed by atoms with Crippen molar-refractivity contribution in [1.29, 1.82) is 0 Å². The lowest BCUT2D eigenvalue weighted by molar-refractivity contribution is -0.132. The summed E-state index contributed by atoms with van der Waals surface area (Å²) in [4.78, 5) is 25.3. The van der Waals surface area contributed by atoms with Gasteiger partial charge < -0.3 is 15.4 Å². The third-order valence-electron chi connectivity index (χ3n) is 3.36. The van der Waals surface area contributed by atoms with Crippen LogP contribution in [-0.2, 0) is 9.53 Å². The van der Waals surface area contributed by atoms with E-state index >= 15 is 0 Å². The molecule has 0 bridgehead atoms. The highest BCUT2D eigenvalue weighted by atomic mass is 16.5. The average molecular weight is 241 g/mol. The molecule has 0 aliphatic carbocycles. The number of imide groups is 1. The Morgan fingerprint density at radius 3 is 2.94 bits per heavy atom. The maximum atomic E-state index is 12.2. The molecule has 1 atom stereocenters. The number of urea groups is 1. The fourth-order valence-corrected chi connectivity index (χ4v) is 2.44. The Kier molecular flexibility index (Phi) is 3.63. The van der Waals surface area contributed by atoms with Crippen molar-refractivity contribution in [3.8, 4) is 0 Å². The second-order valence-electron chi connectivity index (χ2n) is 4.60. The molecule has 0 saturated carbocycles. The van der Waals surface area contributed by atoms with E-state index < -0.39 is 5.54 Å². The number of nitrogens with one attached hydrogen (secondary N) is 2. The maximum absolute atomic E-state index is 12.2. The van der Waals surface area contributed by atoms with E-state index in [0.717, 1.165) is 19.4 Å². The summed E-state index contributed by atoms with van der Waals surface area (Å²) in [7, 11) is 1.61. The number of rotatable bonds is 4. The normalized spacial score (nSPS) is 28.9. The number of ether oxygens (including phenoxy) is 1. The van der Waals surface area contributed by atoms with Crippen LogP contribution in [0.1, 0.15) is 19.3 Å². The number of carbonyl (C=O) groups is 2. The maximum Gasteiger partial charge on any atom is 0.325 e. The summed E-state index contributed by atoms with van der Waals surface area (Å²) >= 11 is 0. The lowest BCUT2D eigenvalue weighted by Crippen LogP contribution is -2.57. The molecule has 2 aliphatic heterocycles. The highest BCUT2D eigenvalue weighted by Gasteiger charge is 2.51. The topological polar surface area (TPSA) is 70.7 Å². The van der Waals surface area contributed by atoms with Crippen molar-refractivity contribution in [2.75, 3.05) is 33.4 Å². The molecular formula is C11H19N3O3. The minimum atomic E-state index is -0.692. The minimum absolute atomic E-state index is 0.0918. The van der Waals surface area contributed by atoms with Gasteiger partial charge in [0, 0.05) is 26.8 Å². The number of carbonyl (C=O) groups excluding carboxylic acids is 2. The van der Waals surface area contributed by atoms with Crippen molar-refractivity contribution in [2.45, 2.75) is 24.8 Å². The zero-order valence-corrected chi connectivity index (χ0v) is 10.1. The molecule has 0 aromatic rings. The molecule has 0 radical (unpaired) electrons. The Morgan fingerprint density at radius 2 is 2.29 bits per heavy atom. The van der Waals surface area contributed by atoms with E-state index in [1.165, 1.54) is 4.90 Å². The number of methoxy groups -OCH3 is 1. The minimum Gasteiger partial charge on any atom is -0.385 e. The first kappa shape index (κ1) is 12.3. The SMILES string of the molecule is COCCCN1C(=O)NC2(CCCNC2)C1=O. The second kappa shape index (κ2) is 5.01. The van der Waals surface area contributed by atoms with Gasteiger partial charge in [-0.1, -0.05) is 0 Å². The van der Waals surface area contributed by atoms with Crippen LogP contribution in [0.4, 0.5) is 4.79 Å². The van der Waals surface area contributed by atoms with Gasteiger partial charge in [-0.2, -0.15) is 0 Å². The van der Waals surface area contributed by atoms with E-state index in [0.29, 0.717) is 26.1 Å². The van der Waals surface area contributed by atoms with E-state index in [4.69, 9.17) is 4.74 Å². The zero-order valence-electron chi connectivity index (χ0n) is 10.1. The molecule has 2 N–H and O–H groups in total. The van der Waals surface area contributed by atoms with Gasteiger partial charge in [-0.05, 0) is 25.8 Å². The fourth-order valence-electron chi connectivity index (χ4n) is 2.44. The molecule has 2 rings (SSSR count). The Balaban J connectivity index is 2.00. The molecule has 2 aliphatic rings. The van der Waals surface area contributed by atoms with Crippen molar-refractivity contribution < 1.29 is 14.3 Å². The van der Waals surface area contributed by atoms with Crippen molar-refractivity contribution in [3.63, 3.8) is 0 Å². The summed E-state index contributed by atoms with van der Waals surface area (Å²) in [5.41, 5.74) is -0.692. The van der Waals surface area contributed by atoms with E-state index in [-0.39, 0.29) is 11.9 Å². The van der Waals surface area contributed by atoms with Crippen molar-refractivity contribution in [2.24, 2.45) is 0 Å². The lowest BCUT2D eigenvalue weighted by atomic mass is 9.90. The predicted molar refractivity (Wildman–Crippen MR) is 61.6 cm³/mol. The first-order valence-electron chi connectivity index (χ1n) is 6.03. The van der Waals surface area contributed by atoms with Crippen LogP contribution in [0.5, 0.6) is 0 Å². The van der Waals surface area contributed by atoms with Gasteiger partial charge in [0.05, 0.1) is 0 Å². The Hall–Kier alpha value is -1.14. The van der Waals surface area contributed by atoms with Crippen LogP contribution in [0.3, 0.4) is 0 Å². The first-order chi connectivity index (χ1) is 8.19. The number of nitrogens with zero attached hydrogens (tertiary/aromatic N) is 1. The molecule has 2 saturated heterocycles. The molecule has 0 aromatic carbocycles. The van der Waals surface area contributed by atoms with Gasteiger partial charge >= 0.3 is 6.03 Å². The van der Waals surface area contributed by atoms with Crippen LogP contribution in [0.25, 0.3) is 0 Å². The summed E-state index contributed by atoms with van der Waals surface area (Å²) in [5, 5.41) is 6.00. The third-order valence-corrected chi connectivity index (χ3v) is 3.36. The highest BCUT2D eigenvalue weighted by molar-refractivity contribution is 6.07. The van der Waals surface area contributed by atoms with Gasteiger partial charge in [0.1, 0.15) is 5.54 Å². The molecule has 6 heteroatoms. The van der Waals surface area contributed by atoms with E-state index in [9.17, 15) is 9.59 Å². The van der Waals surface area contributed by atoms with Crippen LogP contribution < -0.4 is 10.6 Å². The van der Waals surface area contributed by atoms with Gasteiger partial charge in [-0.3, -0.25) is 9.69 Å². The number of hydrogen-bond acceptors (Lipinski definition) is 4. The smallest absolute Gasteiger partial charge is 0.325 e. The quantitative estimate of drug-likeness (QED) is 0.523. The predicted octanol–water partition coefficient (Wildman–Crippen LogP) is -0.303. The summed E-state index contributed by atoms with van der Waals surface area (Å²) in [5.74, 6) is -0.0918. The zero-order chi connectivity index (χ0) is 12.3. The standard InChI is InChI=1S/C11H19N3O3/c1-17-7-3-6-14-9(15)11(13-10(14)16)4-2-5-12-8-11/h12H,2-8H2,1H3,(H,13,16). The van der Waals surface area contributed by atoms with Crippen LogP contribution in [0, 0.1) is 0 Å². The molecule has 96 valence electrons. The van der Waals surface area contributed by atoms with E-state index in [2.05, 4.69) is 10.6 Å². The lowest BCUT2D eigenvalue weighted by Gasteiger charge is -2.31. The summed E-state index contributed by atoms with van der Waals surface area (Å²) in [6.45, 7) is 2.44. The largest absolute Gasteiger partial charge is 0.385 e. The van der Waals surface area contributed by atoms with E-state index in [1.807, 2.05) is 0 Å². The Morgan fingerprint density at radius 1 is 1.47 bits per heavy atom. The monoisotopic (exact) mass is 241 g/mol. The average Bonchev–Trinajstić information content (AvgIpc) is 2.55. The first-order valence-corrected chi connectivity index (χ1v) is 6.03. The molecule has 2 heterocycles. The number of amides is 3. The molecule has 3 amide bonds. The van der Waals surface area contributed by atoms with Crippen molar-refractivity contribution >= 4 is 11.9 Å². The summed E-state index contributed by atoms with van der Waals surface area (Å²) < 4.78 is 4.93. The van der Waals surface area contributed by atoms with Crippen LogP contribution in [0.2, 0.25) is 0 Å². The Bertz CT molecular complexity index is 313. The molecule has 0 aromatic heterocycles. The number of piperidine rings is 1. The van der Waals surface area contributed by atoms with Crippen molar-refractivity contribution in [1.82, 2.24) is 15.5 Å². The molecule has 1 spiro atoms. The molecule has 17 heavy (non-hydrogen) atoms. The molecular weight excluding hydrogens is 222 g/mol. The fraction of sp³-hybridized carbons (Fsp3) is 0.818. The molecule has 6 nitrogen and oxygen atoms in total. The van der Waals surface area contributed by atoms with Crippen molar-refractivity contribution in [3.05, 3.63) is 0 Å². The molecule has 2 fully saturated rings. The van der Waals surface area contributed by atoms with Gasteiger partial charge in [-0.15, -0.1) is 0 Å². The van der Waals surface area contributed by atoms with Crippen LogP contribution in [-0.4, -0.2) is 55.7 Å². The summed E-state index contributed by atoms with van der Waals surface area (Å²) in [6, 6.07) is -0.269. The Labute approximate surface area is 101 Å². The second-order valence-corrected chi connectivity index (χ2v) is 4.60. The number of hydrogen-bond donors (Lipinski definition) is 2. The van der Waals surface area contributed by atoms with Gasteiger partial charge in [0.15, 0.2) is 0 Å². The summed E-state index contributed by atoms with van der Waals surface area (Å²) in [6.07, 6.45) is 2.32. The molecule has 1 unspecified atom stereocenters. The van der Waals surface area contributed by atoms with Gasteiger partial charge in [0.2, 0.25) is 0 Å². The van der Waals surface area contributed by atoms with Crippen LogP contribution >= 0.6 is 0 Å². The third kappa shape index (κ3) is 2.28. The van der Waals surface area contributed by atoms with E-state index in [1.54, 1.807) is 7.11 Å². The van der Waals surface area contributed by atoms with Gasteiger partial charge in [0.25, 0.3) is 5.91 Å². The highest BCUT2D eigenvalue weighted by Crippen LogP contribution is 2.24.